The van der Waals surface area contributed by atoms with Gasteiger partial charge in [0.2, 0.25) is 11.7 Å². The molecule has 0 atom stereocenters. The molecule has 0 spiro atoms. The van der Waals surface area contributed by atoms with Crippen molar-refractivity contribution in [1.29, 1.82) is 0 Å². The van der Waals surface area contributed by atoms with Gasteiger partial charge in [0.05, 0.1) is 5.69 Å². The SMILES string of the molecule is O=C(/C=C\c1ccccc1)Nc1ccc(-c2cn3cccnc3n2)cc1. The molecule has 2 heterocycles. The molecule has 0 unspecified atom stereocenters. The Bertz CT molecular complexity index is 1030. The molecular weight excluding hydrogens is 324 g/mol. The lowest BCUT2D eigenvalue weighted by Gasteiger charge is -2.03. The van der Waals surface area contributed by atoms with Crippen molar-refractivity contribution >= 4 is 23.4 Å². The second kappa shape index (κ2) is 7.03. The minimum absolute atomic E-state index is 0.168. The van der Waals surface area contributed by atoms with Gasteiger partial charge in [-0.2, -0.15) is 0 Å². The molecule has 0 aliphatic carbocycles. The summed E-state index contributed by atoms with van der Waals surface area (Å²) in [5, 5.41) is 2.85. The molecule has 0 saturated heterocycles. The fourth-order valence-corrected chi connectivity index (χ4v) is 2.61. The van der Waals surface area contributed by atoms with E-state index in [1.54, 1.807) is 12.3 Å². The van der Waals surface area contributed by atoms with E-state index in [1.807, 2.05) is 77.5 Å². The van der Waals surface area contributed by atoms with E-state index >= 15 is 0 Å². The quantitative estimate of drug-likeness (QED) is 0.570. The van der Waals surface area contributed by atoms with Crippen LogP contribution >= 0.6 is 0 Å². The van der Waals surface area contributed by atoms with Crippen LogP contribution in [0.5, 0.6) is 0 Å². The van der Waals surface area contributed by atoms with E-state index < -0.39 is 0 Å². The third kappa shape index (κ3) is 3.52. The second-order valence-corrected chi connectivity index (χ2v) is 5.76. The maximum atomic E-state index is 12.0. The average Bonchev–Trinajstić information content (AvgIpc) is 3.12. The van der Waals surface area contributed by atoms with Crippen LogP contribution in [0.2, 0.25) is 0 Å². The fourth-order valence-electron chi connectivity index (χ4n) is 2.61. The summed E-state index contributed by atoms with van der Waals surface area (Å²) < 4.78 is 1.87. The summed E-state index contributed by atoms with van der Waals surface area (Å²) in [6, 6.07) is 19.2. The number of aromatic nitrogens is 3. The fraction of sp³-hybridized carbons (Fsp3) is 0. The normalized spacial score (nSPS) is 11.1. The number of imidazole rings is 1. The third-order valence-electron chi connectivity index (χ3n) is 3.91. The summed E-state index contributed by atoms with van der Waals surface area (Å²) in [4.78, 5) is 20.7. The number of rotatable bonds is 4. The van der Waals surface area contributed by atoms with Crippen molar-refractivity contribution in [2.75, 3.05) is 5.32 Å². The molecule has 0 bridgehead atoms. The molecule has 5 heteroatoms. The van der Waals surface area contributed by atoms with Gasteiger partial charge in [-0.15, -0.1) is 0 Å². The van der Waals surface area contributed by atoms with E-state index in [-0.39, 0.29) is 5.91 Å². The Morgan fingerprint density at radius 1 is 1.00 bits per heavy atom. The number of benzene rings is 2. The first kappa shape index (κ1) is 15.8. The average molecular weight is 340 g/mol. The van der Waals surface area contributed by atoms with Gasteiger partial charge in [-0.3, -0.25) is 9.20 Å². The molecule has 0 radical (unpaired) electrons. The van der Waals surface area contributed by atoms with Gasteiger partial charge in [0.1, 0.15) is 0 Å². The zero-order chi connectivity index (χ0) is 17.8. The number of nitrogens with one attached hydrogen (secondary N) is 1. The highest BCUT2D eigenvalue weighted by Crippen LogP contribution is 2.20. The van der Waals surface area contributed by atoms with E-state index in [9.17, 15) is 4.79 Å². The summed E-state index contributed by atoms with van der Waals surface area (Å²) in [5.41, 5.74) is 3.52. The van der Waals surface area contributed by atoms with Crippen LogP contribution in [-0.2, 0) is 4.79 Å². The molecule has 2 aromatic heterocycles. The highest BCUT2D eigenvalue weighted by molar-refractivity contribution is 6.02. The van der Waals surface area contributed by atoms with Crippen molar-refractivity contribution in [3.63, 3.8) is 0 Å². The van der Waals surface area contributed by atoms with Gasteiger partial charge in [0.25, 0.3) is 0 Å². The largest absolute Gasteiger partial charge is 0.323 e. The Balaban J connectivity index is 1.45. The highest BCUT2D eigenvalue weighted by Gasteiger charge is 2.05. The second-order valence-electron chi connectivity index (χ2n) is 5.76. The third-order valence-corrected chi connectivity index (χ3v) is 3.91. The molecule has 0 fully saturated rings. The van der Waals surface area contributed by atoms with E-state index in [4.69, 9.17) is 0 Å². The molecule has 26 heavy (non-hydrogen) atoms. The van der Waals surface area contributed by atoms with Crippen molar-refractivity contribution in [3.05, 3.63) is 90.9 Å². The highest BCUT2D eigenvalue weighted by atomic mass is 16.1. The standard InChI is InChI=1S/C21H16N4O/c26-20(12-7-16-5-2-1-3-6-16)23-18-10-8-17(9-11-18)19-15-25-14-4-13-22-21(25)24-19/h1-15H,(H,23,26)/b12-7-. The Morgan fingerprint density at radius 3 is 2.58 bits per heavy atom. The van der Waals surface area contributed by atoms with E-state index in [0.29, 0.717) is 5.78 Å². The Kier molecular flexibility index (Phi) is 4.26. The van der Waals surface area contributed by atoms with Crippen LogP contribution in [0.4, 0.5) is 5.69 Å². The number of nitrogens with zero attached hydrogens (tertiary/aromatic N) is 3. The van der Waals surface area contributed by atoms with Crippen molar-refractivity contribution < 1.29 is 4.79 Å². The first-order valence-corrected chi connectivity index (χ1v) is 8.22. The van der Waals surface area contributed by atoms with Crippen LogP contribution < -0.4 is 5.32 Å². The number of hydrogen-bond donors (Lipinski definition) is 1. The van der Waals surface area contributed by atoms with Gasteiger partial charge in [-0.25, -0.2) is 9.97 Å². The molecule has 1 amide bonds. The molecule has 0 aliphatic rings. The van der Waals surface area contributed by atoms with Gasteiger partial charge < -0.3 is 5.32 Å². The number of fused-ring (bicyclic) bond motifs is 1. The van der Waals surface area contributed by atoms with Crippen LogP contribution in [0.1, 0.15) is 5.56 Å². The molecule has 2 aromatic carbocycles. The molecule has 0 aliphatic heterocycles. The smallest absolute Gasteiger partial charge is 0.248 e. The molecule has 0 saturated carbocycles. The summed E-state index contributed by atoms with van der Waals surface area (Å²) in [7, 11) is 0. The topological polar surface area (TPSA) is 59.3 Å². The molecule has 1 N–H and O–H groups in total. The number of amides is 1. The first-order chi connectivity index (χ1) is 12.8. The predicted octanol–water partition coefficient (Wildman–Crippen LogP) is 4.05. The zero-order valence-corrected chi connectivity index (χ0v) is 13.9. The molecule has 126 valence electrons. The van der Waals surface area contributed by atoms with Crippen LogP contribution in [0, 0.1) is 0 Å². The maximum Gasteiger partial charge on any atom is 0.248 e. The van der Waals surface area contributed by atoms with Crippen LogP contribution in [-0.4, -0.2) is 20.3 Å². The zero-order valence-electron chi connectivity index (χ0n) is 13.9. The van der Waals surface area contributed by atoms with Gasteiger partial charge >= 0.3 is 0 Å². The Morgan fingerprint density at radius 2 is 1.81 bits per heavy atom. The van der Waals surface area contributed by atoms with E-state index in [0.717, 1.165) is 22.5 Å². The number of anilines is 1. The van der Waals surface area contributed by atoms with Crippen molar-refractivity contribution in [1.82, 2.24) is 14.4 Å². The summed E-state index contributed by atoms with van der Waals surface area (Å²) >= 11 is 0. The van der Waals surface area contributed by atoms with Crippen molar-refractivity contribution in [2.45, 2.75) is 0 Å². The summed E-state index contributed by atoms with van der Waals surface area (Å²) in [6.45, 7) is 0. The van der Waals surface area contributed by atoms with Gasteiger partial charge in [0.15, 0.2) is 0 Å². The van der Waals surface area contributed by atoms with E-state index in [2.05, 4.69) is 15.3 Å². The van der Waals surface area contributed by atoms with E-state index in [1.165, 1.54) is 6.08 Å². The molecule has 4 rings (SSSR count). The van der Waals surface area contributed by atoms with Crippen LogP contribution in [0.3, 0.4) is 0 Å². The first-order valence-electron chi connectivity index (χ1n) is 8.22. The predicted molar refractivity (Wildman–Crippen MR) is 103 cm³/mol. The molecule has 4 aromatic rings. The van der Waals surface area contributed by atoms with Crippen LogP contribution in [0.15, 0.2) is 85.3 Å². The Hall–Kier alpha value is -3.73. The van der Waals surface area contributed by atoms with Gasteiger partial charge in [-0.1, -0.05) is 42.5 Å². The number of hydrogen-bond acceptors (Lipinski definition) is 3. The minimum atomic E-state index is -0.168. The molecule has 5 nitrogen and oxygen atoms in total. The van der Waals surface area contributed by atoms with Gasteiger partial charge in [-0.05, 0) is 29.8 Å². The number of carbonyl (C=O) groups excluding carboxylic acids is 1. The minimum Gasteiger partial charge on any atom is -0.323 e. The lowest BCUT2D eigenvalue weighted by Crippen LogP contribution is -2.07. The number of carbonyl (C=O) groups is 1. The van der Waals surface area contributed by atoms with Gasteiger partial charge in [0, 0.05) is 35.9 Å². The Labute approximate surface area is 150 Å². The summed E-state index contributed by atoms with van der Waals surface area (Å²) in [6.07, 6.45) is 8.86. The molecular formula is C21H16N4O. The monoisotopic (exact) mass is 340 g/mol. The lowest BCUT2D eigenvalue weighted by atomic mass is 10.1. The van der Waals surface area contributed by atoms with Crippen molar-refractivity contribution in [2.24, 2.45) is 0 Å². The van der Waals surface area contributed by atoms with Crippen molar-refractivity contribution in [3.8, 4) is 11.3 Å². The summed E-state index contributed by atoms with van der Waals surface area (Å²) in [5.74, 6) is 0.490. The lowest BCUT2D eigenvalue weighted by molar-refractivity contribution is -0.111. The maximum absolute atomic E-state index is 12.0. The van der Waals surface area contributed by atoms with Crippen LogP contribution in [0.25, 0.3) is 23.1 Å².